The predicted molar refractivity (Wildman–Crippen MR) is 184 cm³/mol. The topological polar surface area (TPSA) is 190 Å². The van der Waals surface area contributed by atoms with Crippen molar-refractivity contribution in [1.82, 2.24) is 44.3 Å². The molecule has 3 aromatic carbocycles. The minimum absolute atomic E-state index is 0.0578. The Labute approximate surface area is 285 Å². The summed E-state index contributed by atoms with van der Waals surface area (Å²) in [7, 11) is 1.90. The molecule has 2 N–H and O–H groups in total. The molecule has 0 aliphatic carbocycles. The summed E-state index contributed by atoms with van der Waals surface area (Å²) in [5, 5.41) is 30.1. The van der Waals surface area contributed by atoms with Gasteiger partial charge in [0, 0.05) is 12.6 Å². The molecule has 0 unspecified atom stereocenters. The number of H-pyrrole nitrogens is 1. The van der Waals surface area contributed by atoms with Crippen LogP contribution in [-0.2, 0) is 7.05 Å². The number of Topliss-reactive ketones (excluding diaryl/α,β-unsaturated/α-hetero) is 1. The van der Waals surface area contributed by atoms with E-state index in [9.17, 15) is 14.9 Å². The summed E-state index contributed by atoms with van der Waals surface area (Å²) in [6, 6.07) is 27.5. The number of para-hydroxylation sites is 3. The lowest BCUT2D eigenvalue weighted by Crippen LogP contribution is -2.21. The number of hydrogen-bond acceptors (Lipinski definition) is 12. The van der Waals surface area contributed by atoms with Crippen molar-refractivity contribution in [3.63, 3.8) is 0 Å². The number of anilines is 1. The van der Waals surface area contributed by atoms with Gasteiger partial charge in [0.2, 0.25) is 16.5 Å². The first-order valence-electron chi connectivity index (χ1n) is 14.5. The summed E-state index contributed by atoms with van der Waals surface area (Å²) >= 11 is 2.24. The first-order valence-corrected chi connectivity index (χ1v) is 16.5. The summed E-state index contributed by atoms with van der Waals surface area (Å²) in [6.07, 6.45) is 3.14. The molecule has 0 spiro atoms. The van der Waals surface area contributed by atoms with Crippen molar-refractivity contribution in [2.24, 2.45) is 17.1 Å². The van der Waals surface area contributed by atoms with E-state index in [1.165, 1.54) is 22.8 Å². The van der Waals surface area contributed by atoms with Gasteiger partial charge in [-0.15, -0.1) is 16.9 Å². The van der Waals surface area contributed by atoms with Gasteiger partial charge in [-0.25, -0.2) is 20.2 Å². The number of aromatic amines is 1. The van der Waals surface area contributed by atoms with Gasteiger partial charge in [-0.05, 0) is 42.7 Å². The standard InChI is InChI=1S/C32H23N13O2S2/c1-43-23-16-10-9-15-21(23)36-26(43)24-28(48-2)41-44(20-13-7-4-8-14-20)30(24)45-32(37-27(47)19-11-5-3-6-12-19)49-29(42-45)25(46)22(17-33)38-40-31-34-18-35-39-31/h3-16,18H,1-2H3,(H2,34,35,39,40)/b37-32?,38-22-. The minimum atomic E-state index is -0.804. The molecule has 7 rings (SSSR count). The number of hydrogen-bond donors (Lipinski definition) is 2. The van der Waals surface area contributed by atoms with Gasteiger partial charge < -0.3 is 4.57 Å². The molecule has 0 saturated heterocycles. The van der Waals surface area contributed by atoms with Crippen molar-refractivity contribution >= 4 is 57.5 Å². The third-order valence-electron chi connectivity index (χ3n) is 7.22. The number of fused-ring (bicyclic) bond motifs is 1. The molecule has 0 bridgehead atoms. The maximum absolute atomic E-state index is 13.8. The predicted octanol–water partition coefficient (Wildman–Crippen LogP) is 4.43. The van der Waals surface area contributed by atoms with Crippen molar-refractivity contribution in [2.75, 3.05) is 11.7 Å². The van der Waals surface area contributed by atoms with Crippen LogP contribution in [0.5, 0.6) is 0 Å². The molecule has 4 heterocycles. The summed E-state index contributed by atoms with van der Waals surface area (Å²) in [6.45, 7) is 0. The number of benzene rings is 3. The number of carbonyl (C=O) groups is 2. The van der Waals surface area contributed by atoms with Crippen LogP contribution in [0.2, 0.25) is 0 Å². The fourth-order valence-electron chi connectivity index (χ4n) is 4.95. The number of amides is 1. The highest BCUT2D eigenvalue weighted by atomic mass is 32.2. The summed E-state index contributed by atoms with van der Waals surface area (Å²) < 4.78 is 5.02. The molecular weight excluding hydrogens is 663 g/mol. The second-order valence-electron chi connectivity index (χ2n) is 10.2. The monoisotopic (exact) mass is 685 g/mol. The van der Waals surface area contributed by atoms with Crippen LogP contribution in [0.25, 0.3) is 33.9 Å². The Hall–Kier alpha value is -6.51. The number of aromatic nitrogens is 9. The van der Waals surface area contributed by atoms with Gasteiger partial charge >= 0.3 is 0 Å². The number of thioether (sulfide) groups is 1. The maximum atomic E-state index is 13.8. The first kappa shape index (κ1) is 31.1. The Morgan fingerprint density at radius 2 is 1.71 bits per heavy atom. The van der Waals surface area contributed by atoms with E-state index in [2.05, 4.69) is 35.8 Å². The largest absolute Gasteiger partial charge is 0.327 e. The smallest absolute Gasteiger partial charge is 0.279 e. The van der Waals surface area contributed by atoms with E-state index in [4.69, 9.17) is 10.1 Å². The molecule has 0 aliphatic heterocycles. The molecule has 49 heavy (non-hydrogen) atoms. The van der Waals surface area contributed by atoms with Crippen LogP contribution in [0.1, 0.15) is 20.2 Å². The zero-order valence-electron chi connectivity index (χ0n) is 25.7. The van der Waals surface area contributed by atoms with Gasteiger partial charge in [-0.1, -0.05) is 59.9 Å². The lowest BCUT2D eigenvalue weighted by molar-refractivity contribution is 0.0997. The van der Waals surface area contributed by atoms with Gasteiger partial charge in [-0.3, -0.25) is 9.59 Å². The van der Waals surface area contributed by atoms with Crippen LogP contribution in [0, 0.1) is 11.3 Å². The van der Waals surface area contributed by atoms with E-state index >= 15 is 0 Å². The molecule has 0 radical (unpaired) electrons. The highest BCUT2D eigenvalue weighted by Crippen LogP contribution is 2.37. The first-order chi connectivity index (χ1) is 24.0. The minimum Gasteiger partial charge on any atom is -0.327 e. The third-order valence-corrected chi connectivity index (χ3v) is 8.80. The SMILES string of the molecule is CSc1nn(-c2ccccc2)c(-n2nc(C(=O)/C(C#N)=N\Nc3ncn[nH]3)sc2=NC(=O)c2ccccc2)c1-c1nc2ccccc2n1C. The Kier molecular flexibility index (Phi) is 8.45. The lowest BCUT2D eigenvalue weighted by atomic mass is 10.2. The van der Waals surface area contributed by atoms with E-state index in [-0.39, 0.29) is 15.8 Å². The number of rotatable bonds is 9. The molecule has 7 aromatic rings. The highest BCUT2D eigenvalue weighted by Gasteiger charge is 2.29. The molecular formula is C32H23N13O2S2. The number of imidazole rings is 1. The fourth-order valence-corrected chi connectivity index (χ4v) is 6.33. The Bertz CT molecular complexity index is 2470. The van der Waals surface area contributed by atoms with Gasteiger partial charge in [0.05, 0.1) is 22.3 Å². The highest BCUT2D eigenvalue weighted by molar-refractivity contribution is 7.98. The van der Waals surface area contributed by atoms with Crippen LogP contribution in [0.3, 0.4) is 0 Å². The van der Waals surface area contributed by atoms with Crippen molar-refractivity contribution < 1.29 is 9.59 Å². The number of nitriles is 1. The number of aryl methyl sites for hydroxylation is 1. The Morgan fingerprint density at radius 3 is 2.41 bits per heavy atom. The quantitative estimate of drug-likeness (QED) is 0.0952. The second-order valence-corrected chi connectivity index (χ2v) is 11.9. The fraction of sp³-hybridized carbons (Fsp3) is 0.0625. The molecule has 15 nitrogen and oxygen atoms in total. The van der Waals surface area contributed by atoms with Crippen LogP contribution >= 0.6 is 23.1 Å². The van der Waals surface area contributed by atoms with Crippen molar-refractivity contribution in [3.05, 3.63) is 107 Å². The van der Waals surface area contributed by atoms with Crippen LogP contribution in [-0.4, -0.2) is 68.0 Å². The molecule has 0 atom stereocenters. The van der Waals surface area contributed by atoms with Crippen molar-refractivity contribution in [3.8, 4) is 29.0 Å². The third kappa shape index (κ3) is 5.93. The maximum Gasteiger partial charge on any atom is 0.279 e. The Morgan fingerprint density at radius 1 is 0.980 bits per heavy atom. The summed E-state index contributed by atoms with van der Waals surface area (Å²) in [5.41, 5.74) is 5.27. The second kappa shape index (κ2) is 13.3. The molecule has 17 heteroatoms. The normalized spacial score (nSPS) is 11.9. The number of nitrogens with one attached hydrogen (secondary N) is 2. The van der Waals surface area contributed by atoms with Crippen LogP contribution in [0.15, 0.2) is 106 Å². The van der Waals surface area contributed by atoms with E-state index in [0.29, 0.717) is 33.5 Å². The van der Waals surface area contributed by atoms with Gasteiger partial charge in [-0.2, -0.15) is 35.2 Å². The van der Waals surface area contributed by atoms with E-state index in [1.54, 1.807) is 35.0 Å². The zero-order valence-corrected chi connectivity index (χ0v) is 27.3. The van der Waals surface area contributed by atoms with E-state index in [0.717, 1.165) is 22.4 Å². The molecule has 0 fully saturated rings. The number of hydrazone groups is 1. The van der Waals surface area contributed by atoms with Gasteiger partial charge in [0.25, 0.3) is 11.7 Å². The molecule has 1 amide bonds. The van der Waals surface area contributed by atoms with Gasteiger partial charge in [0.1, 0.15) is 23.2 Å². The summed E-state index contributed by atoms with van der Waals surface area (Å²) in [5.74, 6) is -0.284. The average Bonchev–Trinajstić information content (AvgIpc) is 3.95. The van der Waals surface area contributed by atoms with Crippen LogP contribution in [0.4, 0.5) is 5.95 Å². The van der Waals surface area contributed by atoms with Gasteiger partial charge in [0.15, 0.2) is 10.8 Å². The zero-order chi connectivity index (χ0) is 33.9. The average molecular weight is 686 g/mol. The molecule has 240 valence electrons. The van der Waals surface area contributed by atoms with Crippen LogP contribution < -0.4 is 10.2 Å². The Balaban J connectivity index is 1.50. The number of carbonyl (C=O) groups excluding carboxylic acids is 2. The van der Waals surface area contributed by atoms with E-state index in [1.807, 2.05) is 78.5 Å². The van der Waals surface area contributed by atoms with E-state index < -0.39 is 17.4 Å². The molecule has 0 saturated carbocycles. The summed E-state index contributed by atoms with van der Waals surface area (Å²) in [4.78, 5) is 40.6. The number of ketones is 1. The van der Waals surface area contributed by atoms with Crippen molar-refractivity contribution in [2.45, 2.75) is 5.03 Å². The molecule has 0 aliphatic rings. The van der Waals surface area contributed by atoms with Crippen molar-refractivity contribution in [1.29, 1.82) is 5.26 Å². The lowest BCUT2D eigenvalue weighted by Gasteiger charge is -2.10. The molecule has 4 aromatic heterocycles. The number of nitrogens with zero attached hydrogens (tertiary/aromatic N) is 11.